The Labute approximate surface area is 129 Å². The zero-order valence-corrected chi connectivity index (χ0v) is 12.2. The van der Waals surface area contributed by atoms with Crippen molar-refractivity contribution in [2.75, 3.05) is 7.11 Å². The Kier molecular flexibility index (Phi) is 3.58. The molecule has 22 heavy (non-hydrogen) atoms. The van der Waals surface area contributed by atoms with Crippen LogP contribution in [0.3, 0.4) is 0 Å². The maximum atomic E-state index is 14.0. The highest BCUT2D eigenvalue weighted by Gasteiger charge is 2.17. The number of hydrogen-bond donors (Lipinski definition) is 1. The molecule has 0 spiro atoms. The normalized spacial score (nSPS) is 10.9. The molecule has 0 saturated heterocycles. The molecular weight excluding hydrogens is 312 g/mol. The fraction of sp³-hybridized carbons (Fsp3) is 0.0625. The quantitative estimate of drug-likeness (QED) is 0.717. The van der Waals surface area contributed by atoms with Crippen LogP contribution in [0.1, 0.15) is 10.4 Å². The van der Waals surface area contributed by atoms with E-state index >= 15 is 0 Å². The van der Waals surface area contributed by atoms with Crippen molar-refractivity contribution in [3.05, 3.63) is 52.6 Å². The molecule has 0 radical (unpaired) electrons. The van der Waals surface area contributed by atoms with Gasteiger partial charge in [0.25, 0.3) is 0 Å². The van der Waals surface area contributed by atoms with Crippen LogP contribution in [0.15, 0.2) is 30.3 Å². The molecule has 0 atom stereocenters. The van der Waals surface area contributed by atoms with Gasteiger partial charge in [-0.1, -0.05) is 11.6 Å². The number of methoxy groups -OCH3 is 1. The van der Waals surface area contributed by atoms with Gasteiger partial charge >= 0.3 is 0 Å². The smallest absolute Gasteiger partial charge is 0.165 e. The van der Waals surface area contributed by atoms with Crippen LogP contribution in [-0.4, -0.2) is 18.4 Å². The van der Waals surface area contributed by atoms with Gasteiger partial charge in [0.15, 0.2) is 17.9 Å². The molecule has 1 aromatic heterocycles. The number of carbonyl (C=O) groups is 1. The minimum Gasteiger partial charge on any atom is -0.494 e. The van der Waals surface area contributed by atoms with Gasteiger partial charge in [-0.05, 0) is 30.3 Å². The first kappa shape index (κ1) is 14.5. The van der Waals surface area contributed by atoms with Gasteiger partial charge in [0, 0.05) is 21.5 Å². The second-order valence-electron chi connectivity index (χ2n) is 4.69. The Morgan fingerprint density at radius 3 is 2.59 bits per heavy atom. The van der Waals surface area contributed by atoms with Gasteiger partial charge in [0.05, 0.1) is 18.3 Å². The molecule has 112 valence electrons. The summed E-state index contributed by atoms with van der Waals surface area (Å²) in [7, 11) is 1.36. The lowest BCUT2D eigenvalue weighted by Crippen LogP contribution is -1.90. The molecule has 0 aliphatic carbocycles. The highest BCUT2D eigenvalue weighted by Crippen LogP contribution is 2.33. The second-order valence-corrected chi connectivity index (χ2v) is 5.13. The number of fused-ring (bicyclic) bond motifs is 1. The first-order valence-corrected chi connectivity index (χ1v) is 6.72. The SMILES string of the molecule is COc1ccc(-c2[nH]c3c(F)cc(Cl)cc3c2C=O)cc1F. The fourth-order valence-corrected chi connectivity index (χ4v) is 2.62. The standard InChI is InChI=1S/C16H10ClF2NO2/c1-22-14-3-2-8(4-12(14)18)15-11(7-21)10-5-9(17)6-13(19)16(10)20-15/h2-7,20H,1H3. The first-order valence-electron chi connectivity index (χ1n) is 6.35. The molecule has 0 unspecified atom stereocenters. The van der Waals surface area contributed by atoms with Crippen LogP contribution in [0.4, 0.5) is 8.78 Å². The molecule has 0 amide bonds. The number of aldehydes is 1. The predicted molar refractivity (Wildman–Crippen MR) is 80.6 cm³/mol. The molecule has 0 aliphatic rings. The Bertz CT molecular complexity index is 889. The van der Waals surface area contributed by atoms with Crippen LogP contribution in [0.25, 0.3) is 22.2 Å². The predicted octanol–water partition coefficient (Wildman–Crippen LogP) is 4.59. The van der Waals surface area contributed by atoms with Crippen molar-refractivity contribution in [3.63, 3.8) is 0 Å². The van der Waals surface area contributed by atoms with E-state index in [-0.39, 0.29) is 21.9 Å². The number of ether oxygens (including phenoxy) is 1. The number of hydrogen-bond acceptors (Lipinski definition) is 2. The summed E-state index contributed by atoms with van der Waals surface area (Å²) in [5.74, 6) is -1.07. The number of nitrogens with one attached hydrogen (secondary N) is 1. The van der Waals surface area contributed by atoms with E-state index in [1.54, 1.807) is 6.07 Å². The number of aromatic nitrogens is 1. The largest absolute Gasteiger partial charge is 0.494 e. The van der Waals surface area contributed by atoms with Gasteiger partial charge in [0.2, 0.25) is 0 Å². The van der Waals surface area contributed by atoms with Crippen molar-refractivity contribution in [1.82, 2.24) is 4.98 Å². The minimum absolute atomic E-state index is 0.0849. The van der Waals surface area contributed by atoms with Crippen molar-refractivity contribution in [1.29, 1.82) is 0 Å². The Balaban J connectivity index is 2.29. The summed E-state index contributed by atoms with van der Waals surface area (Å²) in [6.07, 6.45) is 0.589. The molecule has 0 saturated carbocycles. The summed E-state index contributed by atoms with van der Waals surface area (Å²) in [6, 6.07) is 6.88. The Morgan fingerprint density at radius 2 is 1.95 bits per heavy atom. The lowest BCUT2D eigenvalue weighted by Gasteiger charge is -2.04. The summed E-state index contributed by atoms with van der Waals surface area (Å²) in [5, 5.41) is 0.533. The van der Waals surface area contributed by atoms with E-state index in [1.807, 2.05) is 0 Å². The Hall–Kier alpha value is -2.40. The van der Waals surface area contributed by atoms with Gasteiger partial charge in [0.1, 0.15) is 5.82 Å². The third-order valence-electron chi connectivity index (χ3n) is 3.42. The number of halogens is 3. The average Bonchev–Trinajstić information content (AvgIpc) is 2.85. The number of rotatable bonds is 3. The van der Waals surface area contributed by atoms with E-state index in [9.17, 15) is 13.6 Å². The van der Waals surface area contributed by atoms with Crippen LogP contribution in [0.2, 0.25) is 5.02 Å². The molecule has 3 rings (SSSR count). The highest BCUT2D eigenvalue weighted by molar-refractivity contribution is 6.31. The maximum absolute atomic E-state index is 14.0. The van der Waals surface area contributed by atoms with Crippen molar-refractivity contribution in [2.24, 2.45) is 0 Å². The van der Waals surface area contributed by atoms with Crippen molar-refractivity contribution >= 4 is 28.8 Å². The molecule has 6 heteroatoms. The molecule has 0 fully saturated rings. The van der Waals surface area contributed by atoms with E-state index in [0.717, 1.165) is 6.07 Å². The van der Waals surface area contributed by atoms with E-state index in [2.05, 4.69) is 4.98 Å². The zero-order chi connectivity index (χ0) is 15.9. The zero-order valence-electron chi connectivity index (χ0n) is 11.4. The lowest BCUT2D eigenvalue weighted by molar-refractivity contribution is 0.112. The third-order valence-corrected chi connectivity index (χ3v) is 3.64. The van der Waals surface area contributed by atoms with Crippen LogP contribution < -0.4 is 4.74 Å². The van der Waals surface area contributed by atoms with Crippen LogP contribution in [0, 0.1) is 11.6 Å². The lowest BCUT2D eigenvalue weighted by atomic mass is 10.1. The van der Waals surface area contributed by atoms with Crippen LogP contribution in [0.5, 0.6) is 5.75 Å². The number of benzene rings is 2. The number of carbonyl (C=O) groups excluding carboxylic acids is 1. The summed E-state index contributed by atoms with van der Waals surface area (Å²) < 4.78 is 32.7. The monoisotopic (exact) mass is 321 g/mol. The highest BCUT2D eigenvalue weighted by atomic mass is 35.5. The summed E-state index contributed by atoms with van der Waals surface area (Å²) in [5.41, 5.74) is 1.11. The molecule has 3 aromatic rings. The fourth-order valence-electron chi connectivity index (χ4n) is 2.41. The molecule has 0 aliphatic heterocycles. The number of aromatic amines is 1. The molecular formula is C16H10ClF2NO2. The van der Waals surface area contributed by atoms with Crippen LogP contribution >= 0.6 is 11.6 Å². The van der Waals surface area contributed by atoms with Crippen molar-refractivity contribution in [3.8, 4) is 17.0 Å². The van der Waals surface area contributed by atoms with Gasteiger partial charge in [-0.25, -0.2) is 8.78 Å². The summed E-state index contributed by atoms with van der Waals surface area (Å²) in [6.45, 7) is 0. The van der Waals surface area contributed by atoms with Crippen molar-refractivity contribution < 1.29 is 18.3 Å². The van der Waals surface area contributed by atoms with E-state index < -0.39 is 11.6 Å². The molecule has 3 nitrogen and oxygen atoms in total. The number of H-pyrrole nitrogens is 1. The summed E-state index contributed by atoms with van der Waals surface area (Å²) in [4.78, 5) is 14.2. The average molecular weight is 322 g/mol. The topological polar surface area (TPSA) is 42.1 Å². The van der Waals surface area contributed by atoms with Gasteiger partial charge in [-0.2, -0.15) is 0 Å². The minimum atomic E-state index is -0.578. The molecule has 1 heterocycles. The van der Waals surface area contributed by atoms with Gasteiger partial charge in [-0.15, -0.1) is 0 Å². The van der Waals surface area contributed by atoms with Crippen molar-refractivity contribution in [2.45, 2.75) is 0 Å². The third kappa shape index (κ3) is 2.23. The van der Waals surface area contributed by atoms with Crippen LogP contribution in [-0.2, 0) is 0 Å². The first-order chi connectivity index (χ1) is 10.5. The maximum Gasteiger partial charge on any atom is 0.165 e. The summed E-state index contributed by atoms with van der Waals surface area (Å²) >= 11 is 5.83. The molecule has 2 aromatic carbocycles. The second kappa shape index (κ2) is 5.42. The Morgan fingerprint density at radius 1 is 1.18 bits per heavy atom. The van der Waals surface area contributed by atoms with Gasteiger partial charge < -0.3 is 9.72 Å². The molecule has 1 N–H and O–H groups in total. The van der Waals surface area contributed by atoms with E-state index in [0.29, 0.717) is 22.9 Å². The van der Waals surface area contributed by atoms with E-state index in [4.69, 9.17) is 16.3 Å². The molecule has 0 bridgehead atoms. The van der Waals surface area contributed by atoms with Gasteiger partial charge in [-0.3, -0.25) is 4.79 Å². The van der Waals surface area contributed by atoms with E-state index in [1.165, 1.54) is 25.3 Å².